The van der Waals surface area contributed by atoms with Crippen LogP contribution in [0.1, 0.15) is 44.2 Å². The maximum Gasteiger partial charge on any atom is 0.262 e. The number of rotatable bonds is 4. The van der Waals surface area contributed by atoms with Crippen molar-refractivity contribution in [2.75, 3.05) is 7.11 Å². The Labute approximate surface area is 169 Å². The number of para-hydroxylation sites is 1. The molecule has 3 aromatic rings. The number of hydrogen-bond donors (Lipinski definition) is 0. The van der Waals surface area contributed by atoms with Crippen molar-refractivity contribution in [3.8, 4) is 5.75 Å². The summed E-state index contributed by atoms with van der Waals surface area (Å²) in [4.78, 5) is 33.2. The van der Waals surface area contributed by atoms with Gasteiger partial charge in [0, 0.05) is 6.54 Å². The molecule has 4 rings (SSSR count). The van der Waals surface area contributed by atoms with Crippen molar-refractivity contribution in [3.05, 3.63) is 70.3 Å². The summed E-state index contributed by atoms with van der Waals surface area (Å²) in [5.41, 5.74) is 1.52. The third-order valence-electron chi connectivity index (χ3n) is 5.61. The Morgan fingerprint density at radius 1 is 1.07 bits per heavy atom. The molecule has 2 aromatic carbocycles. The van der Waals surface area contributed by atoms with E-state index in [0.29, 0.717) is 23.3 Å². The quantitative estimate of drug-likeness (QED) is 0.680. The van der Waals surface area contributed by atoms with Gasteiger partial charge in [-0.25, -0.2) is 4.98 Å². The van der Waals surface area contributed by atoms with Gasteiger partial charge in [-0.1, -0.05) is 38.1 Å². The van der Waals surface area contributed by atoms with E-state index in [2.05, 4.69) is 13.8 Å². The Balaban J connectivity index is 1.84. The van der Waals surface area contributed by atoms with E-state index < -0.39 is 6.04 Å². The summed E-state index contributed by atoms with van der Waals surface area (Å²) < 4.78 is 6.81. The number of nitrogens with zero attached hydrogens (tertiary/aromatic N) is 3. The van der Waals surface area contributed by atoms with Crippen LogP contribution in [0, 0.1) is 5.92 Å². The lowest BCUT2D eigenvalue weighted by Gasteiger charge is -2.41. The standard InChI is InChI=1S/C23H25N3O3/c1-14(2)20-21-24-19-8-6-5-7-18(19)23(28)26(21)15(3)22(27)25(20)13-16-9-11-17(29-4)12-10-16/h5-12,14-15,20H,13H2,1-4H3/t15-,20+/m0/s1. The molecule has 6 nitrogen and oxygen atoms in total. The molecule has 0 saturated heterocycles. The van der Waals surface area contributed by atoms with E-state index in [1.165, 1.54) is 0 Å². The number of carbonyl (C=O) groups is 1. The van der Waals surface area contributed by atoms with Gasteiger partial charge in [0.2, 0.25) is 5.91 Å². The second kappa shape index (κ2) is 7.35. The second-order valence-electron chi connectivity index (χ2n) is 7.84. The number of ether oxygens (including phenoxy) is 1. The van der Waals surface area contributed by atoms with Crippen molar-refractivity contribution in [1.82, 2.24) is 14.5 Å². The highest BCUT2D eigenvalue weighted by atomic mass is 16.5. The molecule has 0 aliphatic carbocycles. The molecular weight excluding hydrogens is 366 g/mol. The van der Waals surface area contributed by atoms with E-state index >= 15 is 0 Å². The first kappa shape index (κ1) is 19.2. The highest BCUT2D eigenvalue weighted by Crippen LogP contribution is 2.36. The molecule has 29 heavy (non-hydrogen) atoms. The van der Waals surface area contributed by atoms with E-state index in [9.17, 15) is 9.59 Å². The zero-order chi connectivity index (χ0) is 20.7. The molecule has 0 spiro atoms. The summed E-state index contributed by atoms with van der Waals surface area (Å²) in [6.07, 6.45) is 0. The van der Waals surface area contributed by atoms with Crippen LogP contribution >= 0.6 is 0 Å². The number of carbonyl (C=O) groups excluding carboxylic acids is 1. The zero-order valence-corrected chi connectivity index (χ0v) is 17.1. The lowest BCUT2D eigenvalue weighted by atomic mass is 9.96. The van der Waals surface area contributed by atoms with Crippen molar-refractivity contribution in [2.45, 2.75) is 39.4 Å². The number of hydrogen-bond acceptors (Lipinski definition) is 4. The fraction of sp³-hybridized carbons (Fsp3) is 0.348. The van der Waals surface area contributed by atoms with E-state index in [-0.39, 0.29) is 23.4 Å². The molecule has 0 bridgehead atoms. The van der Waals surface area contributed by atoms with Gasteiger partial charge >= 0.3 is 0 Å². The summed E-state index contributed by atoms with van der Waals surface area (Å²) in [7, 11) is 1.63. The molecule has 2 heterocycles. The Kier molecular flexibility index (Phi) is 4.86. The molecule has 0 unspecified atom stereocenters. The molecule has 6 heteroatoms. The summed E-state index contributed by atoms with van der Waals surface area (Å²) in [6, 6.07) is 14.2. The van der Waals surface area contributed by atoms with Crippen LogP contribution in [0.15, 0.2) is 53.3 Å². The SMILES string of the molecule is COc1ccc(CN2C(=O)[C@H](C)n3c(nc4ccccc4c3=O)[C@H]2C(C)C)cc1. The minimum Gasteiger partial charge on any atom is -0.497 e. The maximum atomic E-state index is 13.3. The fourth-order valence-corrected chi connectivity index (χ4v) is 4.13. The Morgan fingerprint density at radius 3 is 2.41 bits per heavy atom. The Hall–Kier alpha value is -3.15. The summed E-state index contributed by atoms with van der Waals surface area (Å²) in [5.74, 6) is 1.47. The molecule has 0 N–H and O–H groups in total. The third kappa shape index (κ3) is 3.18. The first-order valence-corrected chi connectivity index (χ1v) is 9.87. The minimum atomic E-state index is -0.595. The first-order valence-electron chi connectivity index (χ1n) is 9.87. The summed E-state index contributed by atoms with van der Waals surface area (Å²) in [6.45, 7) is 6.35. The van der Waals surface area contributed by atoms with Crippen LogP contribution in [0.25, 0.3) is 10.9 Å². The van der Waals surface area contributed by atoms with Crippen LogP contribution in [-0.2, 0) is 11.3 Å². The molecule has 0 fully saturated rings. The molecule has 0 saturated carbocycles. The highest BCUT2D eigenvalue weighted by Gasteiger charge is 2.40. The molecule has 1 aromatic heterocycles. The van der Waals surface area contributed by atoms with Crippen molar-refractivity contribution in [3.63, 3.8) is 0 Å². The van der Waals surface area contributed by atoms with Gasteiger partial charge in [0.05, 0.1) is 24.1 Å². The van der Waals surface area contributed by atoms with Crippen molar-refractivity contribution in [1.29, 1.82) is 0 Å². The van der Waals surface area contributed by atoms with E-state index in [0.717, 1.165) is 11.3 Å². The summed E-state index contributed by atoms with van der Waals surface area (Å²) in [5, 5.41) is 0.544. The lowest BCUT2D eigenvalue weighted by molar-refractivity contribution is -0.142. The van der Waals surface area contributed by atoms with Gasteiger partial charge in [-0.2, -0.15) is 0 Å². The number of methoxy groups -OCH3 is 1. The molecule has 0 radical (unpaired) electrons. The predicted octanol–water partition coefficient (Wildman–Crippen LogP) is 3.71. The summed E-state index contributed by atoms with van der Waals surface area (Å²) >= 11 is 0. The van der Waals surface area contributed by atoms with Gasteiger partial charge in [-0.05, 0) is 42.7 Å². The number of amides is 1. The van der Waals surface area contributed by atoms with Crippen LogP contribution in [0.5, 0.6) is 5.75 Å². The fourth-order valence-electron chi connectivity index (χ4n) is 4.13. The van der Waals surface area contributed by atoms with Gasteiger partial charge in [0.1, 0.15) is 17.6 Å². The number of aromatic nitrogens is 2. The first-order chi connectivity index (χ1) is 13.9. The maximum absolute atomic E-state index is 13.3. The zero-order valence-electron chi connectivity index (χ0n) is 17.1. The van der Waals surface area contributed by atoms with E-state index in [1.54, 1.807) is 24.7 Å². The van der Waals surface area contributed by atoms with Crippen LogP contribution in [0.3, 0.4) is 0 Å². The van der Waals surface area contributed by atoms with E-state index in [1.807, 2.05) is 47.4 Å². The van der Waals surface area contributed by atoms with Crippen molar-refractivity contribution in [2.24, 2.45) is 5.92 Å². The molecule has 1 amide bonds. The monoisotopic (exact) mass is 391 g/mol. The van der Waals surface area contributed by atoms with Crippen LogP contribution in [-0.4, -0.2) is 27.5 Å². The Bertz CT molecular complexity index is 1120. The molecule has 2 atom stereocenters. The molecule has 150 valence electrons. The van der Waals surface area contributed by atoms with E-state index in [4.69, 9.17) is 9.72 Å². The Morgan fingerprint density at radius 2 is 1.76 bits per heavy atom. The topological polar surface area (TPSA) is 64.4 Å². The molecule has 1 aliphatic rings. The van der Waals surface area contributed by atoms with Gasteiger partial charge in [-0.3, -0.25) is 14.2 Å². The molecule has 1 aliphatic heterocycles. The van der Waals surface area contributed by atoms with Gasteiger partial charge in [0.25, 0.3) is 5.56 Å². The number of fused-ring (bicyclic) bond motifs is 2. The average molecular weight is 391 g/mol. The minimum absolute atomic E-state index is 0.0637. The van der Waals surface area contributed by atoms with Crippen molar-refractivity contribution < 1.29 is 9.53 Å². The molecular formula is C23H25N3O3. The van der Waals surface area contributed by atoms with Gasteiger partial charge in [-0.15, -0.1) is 0 Å². The largest absolute Gasteiger partial charge is 0.497 e. The van der Waals surface area contributed by atoms with Gasteiger partial charge < -0.3 is 9.64 Å². The smallest absolute Gasteiger partial charge is 0.262 e. The van der Waals surface area contributed by atoms with Crippen LogP contribution < -0.4 is 10.3 Å². The predicted molar refractivity (Wildman–Crippen MR) is 112 cm³/mol. The normalized spacial score (nSPS) is 18.9. The average Bonchev–Trinajstić information content (AvgIpc) is 2.72. The second-order valence-corrected chi connectivity index (χ2v) is 7.84. The van der Waals surface area contributed by atoms with Gasteiger partial charge in [0.15, 0.2) is 0 Å². The highest BCUT2D eigenvalue weighted by molar-refractivity contribution is 5.83. The van der Waals surface area contributed by atoms with Crippen LogP contribution in [0.4, 0.5) is 0 Å². The number of benzene rings is 2. The van der Waals surface area contributed by atoms with Crippen molar-refractivity contribution >= 4 is 16.8 Å². The third-order valence-corrected chi connectivity index (χ3v) is 5.61. The lowest BCUT2D eigenvalue weighted by Crippen LogP contribution is -2.50. The van der Waals surface area contributed by atoms with Crippen LogP contribution in [0.2, 0.25) is 0 Å².